The molecule has 3 nitrogen and oxygen atoms in total. The first-order valence-electron chi connectivity index (χ1n) is 7.59. The number of nitrogens with one attached hydrogen (secondary N) is 1. The van der Waals surface area contributed by atoms with Gasteiger partial charge < -0.3 is 9.73 Å². The molecule has 0 fully saturated rings. The third-order valence-electron chi connectivity index (χ3n) is 3.74. The van der Waals surface area contributed by atoms with Crippen LogP contribution in [0.15, 0.2) is 63.5 Å². The smallest absolute Gasteiger partial charge is 0.416 e. The molecule has 1 aromatic heterocycles. The van der Waals surface area contributed by atoms with Crippen LogP contribution in [0.2, 0.25) is 0 Å². The van der Waals surface area contributed by atoms with E-state index in [2.05, 4.69) is 21.2 Å². The van der Waals surface area contributed by atoms with Crippen molar-refractivity contribution in [3.8, 4) is 11.3 Å². The maximum atomic E-state index is 12.8. The summed E-state index contributed by atoms with van der Waals surface area (Å²) in [7, 11) is 0. The van der Waals surface area contributed by atoms with E-state index in [0.29, 0.717) is 11.5 Å². The van der Waals surface area contributed by atoms with Gasteiger partial charge in [-0.1, -0.05) is 34.1 Å². The lowest BCUT2D eigenvalue weighted by atomic mass is 10.1. The van der Waals surface area contributed by atoms with Crippen molar-refractivity contribution in [2.75, 3.05) is 5.32 Å². The highest BCUT2D eigenvalue weighted by molar-refractivity contribution is 9.10. The molecule has 3 rings (SSSR count). The van der Waals surface area contributed by atoms with Gasteiger partial charge in [-0.3, -0.25) is 4.79 Å². The number of benzene rings is 2. The zero-order valence-electron chi connectivity index (χ0n) is 13.5. The van der Waals surface area contributed by atoms with Crippen molar-refractivity contribution in [3.63, 3.8) is 0 Å². The third-order valence-corrected chi connectivity index (χ3v) is 4.27. The van der Waals surface area contributed by atoms with Crippen molar-refractivity contribution in [2.45, 2.75) is 13.1 Å². The molecule has 1 N–H and O–H groups in total. The standard InChI is InChI=1S/C19H13BrF3NO2/c1-11-16(10-17(26-11)12-5-7-14(20)8-6-12)18(25)24-15-4-2-3-13(9-15)19(21,22)23/h2-10H,1H3,(H,24,25). The SMILES string of the molecule is Cc1oc(-c2ccc(Br)cc2)cc1C(=O)Nc1cccc(C(F)(F)F)c1. The fourth-order valence-electron chi connectivity index (χ4n) is 2.44. The van der Waals surface area contributed by atoms with Crippen LogP contribution in [0.25, 0.3) is 11.3 Å². The molecule has 2 aromatic carbocycles. The molecule has 0 radical (unpaired) electrons. The van der Waals surface area contributed by atoms with Crippen LogP contribution in [0.4, 0.5) is 18.9 Å². The Labute approximate surface area is 156 Å². The van der Waals surface area contributed by atoms with E-state index in [9.17, 15) is 18.0 Å². The highest BCUT2D eigenvalue weighted by atomic mass is 79.9. The molecule has 1 amide bonds. The van der Waals surface area contributed by atoms with Gasteiger partial charge in [-0.15, -0.1) is 0 Å². The number of furan rings is 1. The summed E-state index contributed by atoms with van der Waals surface area (Å²) in [4.78, 5) is 12.4. The molecule has 0 spiro atoms. The second kappa shape index (κ2) is 6.99. The van der Waals surface area contributed by atoms with Gasteiger partial charge in [0.2, 0.25) is 0 Å². The average molecular weight is 424 g/mol. The van der Waals surface area contributed by atoms with E-state index < -0.39 is 17.6 Å². The van der Waals surface area contributed by atoms with Crippen molar-refractivity contribution in [1.82, 2.24) is 0 Å². The van der Waals surface area contributed by atoms with E-state index in [0.717, 1.165) is 22.2 Å². The van der Waals surface area contributed by atoms with Crippen LogP contribution < -0.4 is 5.32 Å². The predicted molar refractivity (Wildman–Crippen MR) is 96.0 cm³/mol. The second-order valence-electron chi connectivity index (χ2n) is 5.62. The van der Waals surface area contributed by atoms with Gasteiger partial charge in [0.1, 0.15) is 11.5 Å². The van der Waals surface area contributed by atoms with Crippen LogP contribution in [-0.2, 0) is 6.18 Å². The summed E-state index contributed by atoms with van der Waals surface area (Å²) in [6.45, 7) is 1.63. The van der Waals surface area contributed by atoms with E-state index in [1.165, 1.54) is 12.1 Å². The Balaban J connectivity index is 1.84. The molecular weight excluding hydrogens is 411 g/mol. The molecule has 1 heterocycles. The number of hydrogen-bond donors (Lipinski definition) is 1. The van der Waals surface area contributed by atoms with Crippen molar-refractivity contribution >= 4 is 27.5 Å². The van der Waals surface area contributed by atoms with E-state index in [1.54, 1.807) is 13.0 Å². The predicted octanol–water partition coefficient (Wildman–Crippen LogP) is 6.29. The number of aryl methyl sites for hydroxylation is 1. The molecule has 134 valence electrons. The van der Waals surface area contributed by atoms with Gasteiger partial charge in [0, 0.05) is 15.7 Å². The summed E-state index contributed by atoms with van der Waals surface area (Å²) in [5.41, 5.74) is 0.292. The first-order valence-corrected chi connectivity index (χ1v) is 8.38. The zero-order chi connectivity index (χ0) is 18.9. The molecule has 0 aliphatic rings. The Morgan fingerprint density at radius 2 is 1.77 bits per heavy atom. The van der Waals surface area contributed by atoms with Crippen molar-refractivity contribution in [2.24, 2.45) is 0 Å². The minimum absolute atomic E-state index is 0.0654. The summed E-state index contributed by atoms with van der Waals surface area (Å²) in [5.74, 6) is 0.352. The summed E-state index contributed by atoms with van der Waals surface area (Å²) in [5, 5.41) is 2.48. The largest absolute Gasteiger partial charge is 0.461 e. The Morgan fingerprint density at radius 3 is 2.42 bits per heavy atom. The first kappa shape index (κ1) is 18.3. The topological polar surface area (TPSA) is 42.2 Å². The van der Waals surface area contributed by atoms with E-state index in [-0.39, 0.29) is 11.3 Å². The minimum atomic E-state index is -4.47. The normalized spacial score (nSPS) is 11.4. The first-order chi connectivity index (χ1) is 12.2. The molecule has 0 aliphatic carbocycles. The second-order valence-corrected chi connectivity index (χ2v) is 6.54. The summed E-state index contributed by atoms with van der Waals surface area (Å²) in [6, 6.07) is 13.4. The summed E-state index contributed by atoms with van der Waals surface area (Å²) < 4.78 is 44.9. The van der Waals surface area contributed by atoms with Crippen molar-refractivity contribution in [1.29, 1.82) is 0 Å². The molecule has 26 heavy (non-hydrogen) atoms. The molecule has 0 bridgehead atoms. The van der Waals surface area contributed by atoms with Gasteiger partial charge in [0.25, 0.3) is 5.91 Å². The monoisotopic (exact) mass is 423 g/mol. The van der Waals surface area contributed by atoms with Gasteiger partial charge >= 0.3 is 6.18 Å². The quantitative estimate of drug-likeness (QED) is 0.537. The molecule has 0 saturated heterocycles. The number of halogens is 4. The van der Waals surface area contributed by atoms with Gasteiger partial charge in [-0.05, 0) is 43.3 Å². The number of amides is 1. The Kier molecular flexibility index (Phi) is 4.91. The number of carbonyl (C=O) groups is 1. The maximum absolute atomic E-state index is 12.8. The molecule has 0 atom stereocenters. The van der Waals surface area contributed by atoms with Crippen LogP contribution in [0, 0.1) is 6.92 Å². The van der Waals surface area contributed by atoms with Crippen LogP contribution in [0.3, 0.4) is 0 Å². The molecule has 3 aromatic rings. The van der Waals surface area contributed by atoms with Gasteiger partial charge in [-0.25, -0.2) is 0 Å². The maximum Gasteiger partial charge on any atom is 0.416 e. The fourth-order valence-corrected chi connectivity index (χ4v) is 2.70. The number of hydrogen-bond acceptors (Lipinski definition) is 2. The molecule has 7 heteroatoms. The molecule has 0 unspecified atom stereocenters. The van der Waals surface area contributed by atoms with Crippen LogP contribution in [0.5, 0.6) is 0 Å². The lowest BCUT2D eigenvalue weighted by Gasteiger charge is -2.09. The Bertz CT molecular complexity index is 946. The molecule has 0 saturated carbocycles. The van der Waals surface area contributed by atoms with E-state index in [1.807, 2.05) is 24.3 Å². The van der Waals surface area contributed by atoms with Gasteiger partial charge in [0.15, 0.2) is 0 Å². The lowest BCUT2D eigenvalue weighted by Crippen LogP contribution is -2.13. The fraction of sp³-hybridized carbons (Fsp3) is 0.105. The van der Waals surface area contributed by atoms with E-state index in [4.69, 9.17) is 4.42 Å². The average Bonchev–Trinajstić information content (AvgIpc) is 2.97. The van der Waals surface area contributed by atoms with E-state index >= 15 is 0 Å². The number of carbonyl (C=O) groups excluding carboxylic acids is 1. The lowest BCUT2D eigenvalue weighted by molar-refractivity contribution is -0.137. The number of rotatable bonds is 3. The molecule has 0 aliphatic heterocycles. The van der Waals surface area contributed by atoms with Crippen LogP contribution in [0.1, 0.15) is 21.7 Å². The minimum Gasteiger partial charge on any atom is -0.461 e. The van der Waals surface area contributed by atoms with Crippen molar-refractivity contribution in [3.05, 3.63) is 76.0 Å². The molecular formula is C19H13BrF3NO2. The van der Waals surface area contributed by atoms with Gasteiger partial charge in [-0.2, -0.15) is 13.2 Å². The van der Waals surface area contributed by atoms with Gasteiger partial charge in [0.05, 0.1) is 11.1 Å². The zero-order valence-corrected chi connectivity index (χ0v) is 15.1. The Hall–Kier alpha value is -2.54. The third kappa shape index (κ3) is 3.99. The van der Waals surface area contributed by atoms with Crippen molar-refractivity contribution < 1.29 is 22.4 Å². The number of alkyl halides is 3. The Morgan fingerprint density at radius 1 is 1.08 bits per heavy atom. The summed E-state index contributed by atoms with van der Waals surface area (Å²) >= 11 is 3.34. The highest BCUT2D eigenvalue weighted by Gasteiger charge is 2.30. The highest BCUT2D eigenvalue weighted by Crippen LogP contribution is 2.31. The summed E-state index contributed by atoms with van der Waals surface area (Å²) in [6.07, 6.45) is -4.47. The van der Waals surface area contributed by atoms with Crippen LogP contribution in [-0.4, -0.2) is 5.91 Å². The van der Waals surface area contributed by atoms with Crippen LogP contribution >= 0.6 is 15.9 Å². The number of anilines is 1.